The molecule has 0 heterocycles. The molecule has 3 N–H and O–H groups in total. The van der Waals surface area contributed by atoms with E-state index < -0.39 is 0 Å². The molecule has 1 aromatic carbocycles. The SMILES string of the molecule is CCN(C)CCC(=O)Nc1cccc(CN)c1. The van der Waals surface area contributed by atoms with Gasteiger partial charge in [0, 0.05) is 25.2 Å². The molecule has 0 aliphatic heterocycles. The van der Waals surface area contributed by atoms with Crippen molar-refractivity contribution in [1.82, 2.24) is 4.90 Å². The van der Waals surface area contributed by atoms with Crippen molar-refractivity contribution in [2.75, 3.05) is 25.5 Å². The highest BCUT2D eigenvalue weighted by atomic mass is 16.1. The van der Waals surface area contributed by atoms with Crippen molar-refractivity contribution in [3.63, 3.8) is 0 Å². The minimum absolute atomic E-state index is 0.0412. The van der Waals surface area contributed by atoms with Gasteiger partial charge in [0.2, 0.25) is 5.91 Å². The van der Waals surface area contributed by atoms with Crippen LogP contribution in [0.5, 0.6) is 0 Å². The van der Waals surface area contributed by atoms with Crippen LogP contribution in [0.25, 0.3) is 0 Å². The summed E-state index contributed by atoms with van der Waals surface area (Å²) >= 11 is 0. The summed E-state index contributed by atoms with van der Waals surface area (Å²) in [5.41, 5.74) is 7.39. The van der Waals surface area contributed by atoms with E-state index in [1.165, 1.54) is 0 Å². The molecule has 0 radical (unpaired) electrons. The summed E-state index contributed by atoms with van der Waals surface area (Å²) in [5, 5.41) is 2.87. The standard InChI is InChI=1S/C13H21N3O/c1-3-16(2)8-7-13(17)15-12-6-4-5-11(9-12)10-14/h4-6,9H,3,7-8,10,14H2,1-2H3,(H,15,17). The molecule has 4 nitrogen and oxygen atoms in total. The van der Waals surface area contributed by atoms with Gasteiger partial charge in [-0.3, -0.25) is 4.79 Å². The summed E-state index contributed by atoms with van der Waals surface area (Å²) in [4.78, 5) is 13.8. The Morgan fingerprint density at radius 3 is 2.88 bits per heavy atom. The minimum Gasteiger partial charge on any atom is -0.326 e. The molecule has 4 heteroatoms. The quantitative estimate of drug-likeness (QED) is 0.784. The number of carbonyl (C=O) groups excluding carboxylic acids is 1. The lowest BCUT2D eigenvalue weighted by Gasteiger charge is -2.13. The molecule has 0 aliphatic rings. The topological polar surface area (TPSA) is 58.4 Å². The fraction of sp³-hybridized carbons (Fsp3) is 0.462. The lowest BCUT2D eigenvalue weighted by atomic mass is 10.2. The van der Waals surface area contributed by atoms with Gasteiger partial charge in [-0.1, -0.05) is 19.1 Å². The molecule has 17 heavy (non-hydrogen) atoms. The first-order chi connectivity index (χ1) is 8.15. The number of amides is 1. The van der Waals surface area contributed by atoms with E-state index in [9.17, 15) is 4.79 Å². The van der Waals surface area contributed by atoms with E-state index in [2.05, 4.69) is 17.1 Å². The van der Waals surface area contributed by atoms with Crippen LogP contribution in [-0.2, 0) is 11.3 Å². The first-order valence-corrected chi connectivity index (χ1v) is 5.93. The number of benzene rings is 1. The van der Waals surface area contributed by atoms with E-state index in [-0.39, 0.29) is 5.91 Å². The van der Waals surface area contributed by atoms with Crippen molar-refractivity contribution >= 4 is 11.6 Å². The Morgan fingerprint density at radius 1 is 1.47 bits per heavy atom. The number of hydrogen-bond donors (Lipinski definition) is 2. The maximum absolute atomic E-state index is 11.7. The molecule has 0 spiro atoms. The largest absolute Gasteiger partial charge is 0.326 e. The monoisotopic (exact) mass is 235 g/mol. The van der Waals surface area contributed by atoms with Crippen molar-refractivity contribution in [2.24, 2.45) is 5.73 Å². The maximum Gasteiger partial charge on any atom is 0.225 e. The fourth-order valence-electron chi connectivity index (χ4n) is 1.45. The predicted octanol–water partition coefficient (Wildman–Crippen LogP) is 1.43. The molecule has 1 aromatic rings. The van der Waals surface area contributed by atoms with Crippen LogP contribution < -0.4 is 11.1 Å². The number of nitrogens with one attached hydrogen (secondary N) is 1. The molecule has 0 atom stereocenters. The van der Waals surface area contributed by atoms with Crippen LogP contribution in [0.3, 0.4) is 0 Å². The molecular weight excluding hydrogens is 214 g/mol. The number of rotatable bonds is 6. The van der Waals surface area contributed by atoms with Gasteiger partial charge in [-0.2, -0.15) is 0 Å². The zero-order valence-corrected chi connectivity index (χ0v) is 10.6. The van der Waals surface area contributed by atoms with Crippen LogP contribution in [0, 0.1) is 0 Å². The lowest BCUT2D eigenvalue weighted by Crippen LogP contribution is -2.24. The highest BCUT2D eigenvalue weighted by Gasteiger charge is 2.04. The molecule has 0 aliphatic carbocycles. The van der Waals surface area contributed by atoms with E-state index >= 15 is 0 Å². The van der Waals surface area contributed by atoms with Gasteiger partial charge in [0.05, 0.1) is 0 Å². The van der Waals surface area contributed by atoms with Crippen molar-refractivity contribution in [1.29, 1.82) is 0 Å². The van der Waals surface area contributed by atoms with Gasteiger partial charge in [0.1, 0.15) is 0 Å². The Balaban J connectivity index is 2.44. The van der Waals surface area contributed by atoms with Crippen molar-refractivity contribution in [3.05, 3.63) is 29.8 Å². The minimum atomic E-state index is 0.0412. The van der Waals surface area contributed by atoms with E-state index in [4.69, 9.17) is 5.73 Å². The van der Waals surface area contributed by atoms with Crippen LogP contribution in [0.4, 0.5) is 5.69 Å². The molecule has 0 fully saturated rings. The number of hydrogen-bond acceptors (Lipinski definition) is 3. The van der Waals surface area contributed by atoms with Crippen LogP contribution in [0.15, 0.2) is 24.3 Å². The second-order valence-electron chi connectivity index (χ2n) is 4.10. The molecule has 0 saturated carbocycles. The number of nitrogens with two attached hydrogens (primary N) is 1. The van der Waals surface area contributed by atoms with Crippen molar-refractivity contribution in [3.8, 4) is 0 Å². The maximum atomic E-state index is 11.7. The van der Waals surface area contributed by atoms with Gasteiger partial charge in [-0.15, -0.1) is 0 Å². The smallest absolute Gasteiger partial charge is 0.225 e. The summed E-state index contributed by atoms with van der Waals surface area (Å²) in [6.07, 6.45) is 0.511. The summed E-state index contributed by atoms with van der Waals surface area (Å²) in [7, 11) is 2.00. The van der Waals surface area contributed by atoms with Gasteiger partial charge in [0.25, 0.3) is 0 Å². The molecule has 0 saturated heterocycles. The van der Waals surface area contributed by atoms with E-state index in [1.807, 2.05) is 31.3 Å². The van der Waals surface area contributed by atoms with Gasteiger partial charge in [-0.05, 0) is 31.3 Å². The van der Waals surface area contributed by atoms with Crippen LogP contribution in [0.1, 0.15) is 18.9 Å². The zero-order chi connectivity index (χ0) is 12.7. The lowest BCUT2D eigenvalue weighted by molar-refractivity contribution is -0.116. The molecule has 0 bridgehead atoms. The predicted molar refractivity (Wildman–Crippen MR) is 70.8 cm³/mol. The van der Waals surface area contributed by atoms with Crippen LogP contribution in [0.2, 0.25) is 0 Å². The zero-order valence-electron chi connectivity index (χ0n) is 10.6. The number of carbonyl (C=O) groups is 1. The first-order valence-electron chi connectivity index (χ1n) is 5.93. The summed E-state index contributed by atoms with van der Waals surface area (Å²) in [6, 6.07) is 7.62. The Kier molecular flexibility index (Phi) is 5.66. The van der Waals surface area contributed by atoms with Gasteiger partial charge in [0.15, 0.2) is 0 Å². The van der Waals surface area contributed by atoms with E-state index in [0.29, 0.717) is 13.0 Å². The Morgan fingerprint density at radius 2 is 2.24 bits per heavy atom. The third-order valence-electron chi connectivity index (χ3n) is 2.71. The summed E-state index contributed by atoms with van der Waals surface area (Å²) in [6.45, 7) is 4.29. The molecular formula is C13H21N3O. The number of nitrogens with zero attached hydrogens (tertiary/aromatic N) is 1. The van der Waals surface area contributed by atoms with Crippen LogP contribution >= 0.6 is 0 Å². The van der Waals surface area contributed by atoms with E-state index in [1.54, 1.807) is 0 Å². The third kappa shape index (κ3) is 4.97. The highest BCUT2D eigenvalue weighted by molar-refractivity contribution is 5.90. The highest BCUT2D eigenvalue weighted by Crippen LogP contribution is 2.10. The molecule has 0 unspecified atom stereocenters. The second kappa shape index (κ2) is 7.04. The molecule has 1 amide bonds. The first kappa shape index (κ1) is 13.7. The normalized spacial score (nSPS) is 10.6. The van der Waals surface area contributed by atoms with Crippen LogP contribution in [-0.4, -0.2) is 30.9 Å². The van der Waals surface area contributed by atoms with Gasteiger partial charge in [-0.25, -0.2) is 0 Å². The van der Waals surface area contributed by atoms with Gasteiger partial charge >= 0.3 is 0 Å². The van der Waals surface area contributed by atoms with Crippen molar-refractivity contribution in [2.45, 2.75) is 19.9 Å². The number of anilines is 1. The van der Waals surface area contributed by atoms with Crippen molar-refractivity contribution < 1.29 is 4.79 Å². The average molecular weight is 235 g/mol. The molecule has 0 aromatic heterocycles. The van der Waals surface area contributed by atoms with Gasteiger partial charge < -0.3 is 16.0 Å². The Bertz CT molecular complexity index is 365. The third-order valence-corrected chi connectivity index (χ3v) is 2.71. The average Bonchev–Trinajstić information content (AvgIpc) is 2.36. The second-order valence-corrected chi connectivity index (χ2v) is 4.10. The summed E-state index contributed by atoms with van der Waals surface area (Å²) in [5.74, 6) is 0.0412. The Hall–Kier alpha value is -1.39. The molecule has 1 rings (SSSR count). The molecule has 94 valence electrons. The van der Waals surface area contributed by atoms with E-state index in [0.717, 1.165) is 24.3 Å². The summed E-state index contributed by atoms with van der Waals surface area (Å²) < 4.78 is 0. The fourth-order valence-corrected chi connectivity index (χ4v) is 1.45. The Labute approximate surface area is 103 Å².